The van der Waals surface area contributed by atoms with Crippen LogP contribution in [0.15, 0.2) is 23.1 Å². The monoisotopic (exact) mass is 206 g/mol. The van der Waals surface area contributed by atoms with Crippen molar-refractivity contribution in [3.63, 3.8) is 0 Å². The quantitative estimate of drug-likeness (QED) is 0.805. The van der Waals surface area contributed by atoms with E-state index in [1.54, 1.807) is 18.7 Å². The average molecular weight is 206 g/mol. The number of rotatable bonds is 4. The highest BCUT2D eigenvalue weighted by Gasteiger charge is 2.08. The fourth-order valence-electron chi connectivity index (χ4n) is 1.37. The molecule has 2 aromatic heterocycles. The van der Waals surface area contributed by atoms with E-state index in [1.807, 2.05) is 18.7 Å². The Balaban J connectivity index is 2.17. The lowest BCUT2D eigenvalue weighted by molar-refractivity contribution is 0.498. The van der Waals surface area contributed by atoms with Crippen LogP contribution in [0.3, 0.4) is 0 Å². The summed E-state index contributed by atoms with van der Waals surface area (Å²) in [6, 6.07) is 0. The predicted octanol–water partition coefficient (Wildman–Crippen LogP) is 0.837. The van der Waals surface area contributed by atoms with Gasteiger partial charge in [0, 0.05) is 20.0 Å². The van der Waals surface area contributed by atoms with Crippen LogP contribution in [-0.4, -0.2) is 28.1 Å². The molecule has 0 saturated heterocycles. The fraction of sp³-hybridized carbons (Fsp3) is 0.400. The van der Waals surface area contributed by atoms with Gasteiger partial charge < -0.3 is 14.3 Å². The third kappa shape index (κ3) is 2.07. The first-order valence-corrected chi connectivity index (χ1v) is 4.87. The molecule has 0 fully saturated rings. The van der Waals surface area contributed by atoms with Gasteiger partial charge in [0.2, 0.25) is 0 Å². The first-order chi connectivity index (χ1) is 7.31. The van der Waals surface area contributed by atoms with Crippen LogP contribution in [0.25, 0.3) is 11.5 Å². The number of aromatic nitrogens is 3. The van der Waals surface area contributed by atoms with E-state index in [1.165, 1.54) is 0 Å². The minimum Gasteiger partial charge on any atom is -0.439 e. The van der Waals surface area contributed by atoms with Crippen LogP contribution in [0.5, 0.6) is 0 Å². The highest BCUT2D eigenvalue weighted by Crippen LogP contribution is 2.18. The second kappa shape index (κ2) is 4.27. The molecule has 0 atom stereocenters. The van der Waals surface area contributed by atoms with Gasteiger partial charge in [-0.05, 0) is 7.05 Å². The third-order valence-corrected chi connectivity index (χ3v) is 2.21. The molecule has 5 nitrogen and oxygen atoms in total. The van der Waals surface area contributed by atoms with Crippen molar-refractivity contribution in [2.45, 2.75) is 6.42 Å². The molecule has 15 heavy (non-hydrogen) atoms. The lowest BCUT2D eigenvalue weighted by atomic mass is 10.4. The molecule has 80 valence electrons. The van der Waals surface area contributed by atoms with Crippen molar-refractivity contribution >= 4 is 0 Å². The van der Waals surface area contributed by atoms with Gasteiger partial charge in [-0.15, -0.1) is 0 Å². The zero-order valence-corrected chi connectivity index (χ0v) is 8.90. The Labute approximate surface area is 88.2 Å². The lowest BCUT2D eigenvalue weighted by Gasteiger charge is -1.96. The Morgan fingerprint density at radius 2 is 2.33 bits per heavy atom. The molecule has 2 heterocycles. The second-order valence-corrected chi connectivity index (χ2v) is 3.36. The van der Waals surface area contributed by atoms with Crippen molar-refractivity contribution in [2.24, 2.45) is 7.05 Å². The maximum Gasteiger partial charge on any atom is 0.196 e. The molecule has 0 amide bonds. The summed E-state index contributed by atoms with van der Waals surface area (Å²) in [4.78, 5) is 8.24. The van der Waals surface area contributed by atoms with Crippen molar-refractivity contribution in [3.8, 4) is 11.5 Å². The summed E-state index contributed by atoms with van der Waals surface area (Å²) in [5.41, 5.74) is 0.943. The number of likely N-dealkylation sites (N-methyl/N-ethyl adjacent to an activating group) is 1. The molecule has 0 aliphatic rings. The van der Waals surface area contributed by atoms with Crippen molar-refractivity contribution < 1.29 is 4.42 Å². The first-order valence-electron chi connectivity index (χ1n) is 4.87. The Bertz CT molecular complexity index is 432. The van der Waals surface area contributed by atoms with Crippen LogP contribution in [0, 0.1) is 0 Å². The first kappa shape index (κ1) is 9.92. The van der Waals surface area contributed by atoms with Gasteiger partial charge in [-0.25, -0.2) is 9.97 Å². The van der Waals surface area contributed by atoms with Crippen LogP contribution >= 0.6 is 0 Å². The molecule has 2 aromatic rings. The van der Waals surface area contributed by atoms with Crippen molar-refractivity contribution in [1.29, 1.82) is 0 Å². The molecule has 1 N–H and O–H groups in total. The number of imidazole rings is 1. The Kier molecular flexibility index (Phi) is 2.82. The molecular formula is C10H14N4O. The zero-order chi connectivity index (χ0) is 10.7. The molecule has 0 saturated carbocycles. The highest BCUT2D eigenvalue weighted by atomic mass is 16.4. The molecule has 0 aliphatic heterocycles. The number of oxazole rings is 1. The number of nitrogens with one attached hydrogen (secondary N) is 1. The van der Waals surface area contributed by atoms with Crippen LogP contribution in [0.1, 0.15) is 5.89 Å². The van der Waals surface area contributed by atoms with Crippen LogP contribution < -0.4 is 5.32 Å². The van der Waals surface area contributed by atoms with E-state index >= 15 is 0 Å². The molecule has 0 aliphatic carbocycles. The van der Waals surface area contributed by atoms with Crippen molar-refractivity contribution in [2.75, 3.05) is 13.6 Å². The van der Waals surface area contributed by atoms with Crippen LogP contribution in [0.2, 0.25) is 0 Å². The van der Waals surface area contributed by atoms with Gasteiger partial charge in [-0.3, -0.25) is 0 Å². The lowest BCUT2D eigenvalue weighted by Crippen LogP contribution is -2.10. The number of hydrogen-bond acceptors (Lipinski definition) is 4. The molecule has 0 unspecified atom stereocenters. The highest BCUT2D eigenvalue weighted by molar-refractivity contribution is 5.49. The van der Waals surface area contributed by atoms with Gasteiger partial charge >= 0.3 is 0 Å². The Morgan fingerprint density at radius 3 is 3.00 bits per heavy atom. The maximum atomic E-state index is 5.60. The normalized spacial score (nSPS) is 10.8. The molecule has 0 spiro atoms. The van der Waals surface area contributed by atoms with Gasteiger partial charge in [0.15, 0.2) is 11.7 Å². The largest absolute Gasteiger partial charge is 0.439 e. The Morgan fingerprint density at radius 1 is 1.47 bits per heavy atom. The molecule has 2 rings (SSSR count). The van der Waals surface area contributed by atoms with E-state index in [2.05, 4.69) is 15.3 Å². The second-order valence-electron chi connectivity index (χ2n) is 3.36. The fourth-order valence-corrected chi connectivity index (χ4v) is 1.37. The summed E-state index contributed by atoms with van der Waals surface area (Å²) in [6.07, 6.45) is 6.05. The van der Waals surface area contributed by atoms with Crippen molar-refractivity contribution in [1.82, 2.24) is 19.9 Å². The van der Waals surface area contributed by atoms with Gasteiger partial charge in [0.1, 0.15) is 5.69 Å². The summed E-state index contributed by atoms with van der Waals surface area (Å²) >= 11 is 0. The topological polar surface area (TPSA) is 55.9 Å². The minimum atomic E-state index is 0.751. The van der Waals surface area contributed by atoms with E-state index in [0.717, 1.165) is 30.3 Å². The van der Waals surface area contributed by atoms with E-state index in [0.29, 0.717) is 0 Å². The zero-order valence-electron chi connectivity index (χ0n) is 8.90. The molecular weight excluding hydrogens is 192 g/mol. The van der Waals surface area contributed by atoms with E-state index < -0.39 is 0 Å². The molecule has 0 radical (unpaired) electrons. The Hall–Kier alpha value is -1.62. The summed E-state index contributed by atoms with van der Waals surface area (Å²) < 4.78 is 7.50. The van der Waals surface area contributed by atoms with Gasteiger partial charge in [0.05, 0.1) is 18.7 Å². The predicted molar refractivity (Wildman–Crippen MR) is 56.3 cm³/mol. The van der Waals surface area contributed by atoms with Crippen LogP contribution in [0.4, 0.5) is 0 Å². The summed E-state index contributed by atoms with van der Waals surface area (Å²) in [5.74, 6) is 1.52. The smallest absolute Gasteiger partial charge is 0.196 e. The maximum absolute atomic E-state index is 5.60. The molecule has 5 heteroatoms. The van der Waals surface area contributed by atoms with Gasteiger partial charge in [-0.2, -0.15) is 0 Å². The van der Waals surface area contributed by atoms with Gasteiger partial charge in [0.25, 0.3) is 0 Å². The minimum absolute atomic E-state index is 0.751. The van der Waals surface area contributed by atoms with Crippen LogP contribution in [-0.2, 0) is 13.5 Å². The standard InChI is InChI=1S/C10H14N4O/c1-11-4-3-10-13-6-9(15-10)8-5-12-7-14(8)2/h5-7,11H,3-4H2,1-2H3. The average Bonchev–Trinajstić information content (AvgIpc) is 2.83. The van der Waals surface area contributed by atoms with Crippen molar-refractivity contribution in [3.05, 3.63) is 24.6 Å². The third-order valence-electron chi connectivity index (χ3n) is 2.21. The summed E-state index contributed by atoms with van der Waals surface area (Å²) in [6.45, 7) is 0.866. The number of nitrogens with zero attached hydrogens (tertiary/aromatic N) is 3. The number of hydrogen-bond donors (Lipinski definition) is 1. The SMILES string of the molecule is CNCCc1ncc(-c2cncn2C)o1. The number of aryl methyl sites for hydroxylation is 1. The molecule has 0 bridgehead atoms. The van der Waals surface area contributed by atoms with Gasteiger partial charge in [-0.1, -0.05) is 0 Å². The summed E-state index contributed by atoms with van der Waals surface area (Å²) in [7, 11) is 3.84. The van der Waals surface area contributed by atoms with E-state index in [9.17, 15) is 0 Å². The summed E-state index contributed by atoms with van der Waals surface area (Å²) in [5, 5.41) is 3.05. The van der Waals surface area contributed by atoms with E-state index in [-0.39, 0.29) is 0 Å². The van der Waals surface area contributed by atoms with E-state index in [4.69, 9.17) is 4.42 Å². The molecule has 0 aromatic carbocycles.